The van der Waals surface area contributed by atoms with Crippen LogP contribution in [0.3, 0.4) is 0 Å². The topological polar surface area (TPSA) is 95.6 Å². The minimum Gasteiger partial charge on any atom is -0.466 e. The summed E-state index contributed by atoms with van der Waals surface area (Å²) in [4.78, 5) is 42.0. The Labute approximate surface area is 196 Å². The Balaban J connectivity index is 2.20. The smallest absolute Gasteiger partial charge is 0.310 e. The van der Waals surface area contributed by atoms with Crippen LogP contribution in [0, 0.1) is 24.2 Å². The minimum atomic E-state index is -0.374. The van der Waals surface area contributed by atoms with Gasteiger partial charge in [-0.05, 0) is 45.3 Å². The Bertz CT molecular complexity index is 1100. The maximum absolute atomic E-state index is 13.1. The van der Waals surface area contributed by atoms with Crippen molar-refractivity contribution in [2.24, 2.45) is 5.92 Å². The number of pyridine rings is 1. The first-order valence-corrected chi connectivity index (χ1v) is 11.8. The number of thiocarbonyl (C=S) groups is 1. The highest BCUT2D eigenvalue weighted by Gasteiger charge is 2.33. The molecule has 170 valence electrons. The van der Waals surface area contributed by atoms with E-state index in [9.17, 15) is 19.6 Å². The summed E-state index contributed by atoms with van der Waals surface area (Å²) in [6.45, 7) is 7.04. The summed E-state index contributed by atoms with van der Waals surface area (Å²) >= 11 is 6.44. The summed E-state index contributed by atoms with van der Waals surface area (Å²) in [5.74, 6) is -0.159. The van der Waals surface area contributed by atoms with Crippen LogP contribution in [-0.2, 0) is 20.9 Å². The largest absolute Gasteiger partial charge is 0.466 e. The average molecular weight is 475 g/mol. The van der Waals surface area contributed by atoms with Crippen LogP contribution in [0.5, 0.6) is 0 Å². The molecule has 1 atom stereocenters. The molecule has 0 bridgehead atoms. The monoisotopic (exact) mass is 474 g/mol. The fraction of sp³-hybridized carbons (Fsp3) is 0.500. The number of thioether (sulfide) groups is 1. The van der Waals surface area contributed by atoms with Crippen molar-refractivity contribution in [3.63, 3.8) is 0 Å². The zero-order valence-corrected chi connectivity index (χ0v) is 20.3. The van der Waals surface area contributed by atoms with E-state index < -0.39 is 0 Å². The number of piperidine rings is 1. The predicted molar refractivity (Wildman–Crippen MR) is 128 cm³/mol. The van der Waals surface area contributed by atoms with Gasteiger partial charge in [0.25, 0.3) is 11.5 Å². The number of anilines is 1. The average Bonchev–Trinajstić information content (AvgIpc) is 3.02. The van der Waals surface area contributed by atoms with Crippen molar-refractivity contribution in [3.05, 3.63) is 31.9 Å². The number of rotatable bonds is 5. The van der Waals surface area contributed by atoms with Crippen LogP contribution < -0.4 is 10.5 Å². The standard InChI is InChI=1S/C22H26N4O4S2/c1-5-26-18(25-9-7-8-14(12-25)21(29)30-6-2)15(13(3)16(11-23)19(26)27)10-17-20(28)24(4)22(31)32-17/h10,14H,5-9,12H2,1-4H3. The lowest BCUT2D eigenvalue weighted by Gasteiger charge is -2.36. The molecular weight excluding hydrogens is 448 g/mol. The lowest BCUT2D eigenvalue weighted by molar-refractivity contribution is -0.148. The van der Waals surface area contributed by atoms with Gasteiger partial charge < -0.3 is 9.64 Å². The van der Waals surface area contributed by atoms with E-state index in [1.54, 1.807) is 31.5 Å². The van der Waals surface area contributed by atoms with Gasteiger partial charge in [-0.2, -0.15) is 5.26 Å². The van der Waals surface area contributed by atoms with Crippen LogP contribution >= 0.6 is 24.0 Å². The first-order valence-electron chi connectivity index (χ1n) is 10.6. The molecule has 0 aliphatic carbocycles. The molecule has 3 rings (SSSR count). The van der Waals surface area contributed by atoms with Gasteiger partial charge in [-0.25, -0.2) is 0 Å². The third kappa shape index (κ3) is 4.32. The van der Waals surface area contributed by atoms with Crippen LogP contribution in [0.4, 0.5) is 5.82 Å². The highest BCUT2D eigenvalue weighted by Crippen LogP contribution is 2.36. The summed E-state index contributed by atoms with van der Waals surface area (Å²) in [5, 5.41) is 9.66. The van der Waals surface area contributed by atoms with Gasteiger partial charge in [0.1, 0.15) is 21.8 Å². The molecule has 10 heteroatoms. The number of amides is 1. The van der Waals surface area contributed by atoms with Crippen molar-refractivity contribution in [1.82, 2.24) is 9.47 Å². The molecule has 2 saturated heterocycles. The quantitative estimate of drug-likeness (QED) is 0.365. The van der Waals surface area contributed by atoms with Crippen molar-refractivity contribution >= 4 is 52.1 Å². The van der Waals surface area contributed by atoms with Gasteiger partial charge >= 0.3 is 5.97 Å². The molecule has 1 amide bonds. The maximum atomic E-state index is 13.1. The molecule has 0 aromatic carbocycles. The Kier molecular flexibility index (Phi) is 7.41. The summed E-state index contributed by atoms with van der Waals surface area (Å²) in [6.07, 6.45) is 3.19. The summed E-state index contributed by atoms with van der Waals surface area (Å²) in [5.41, 5.74) is 0.812. The predicted octanol–water partition coefficient (Wildman–Crippen LogP) is 2.66. The number of esters is 1. The Morgan fingerprint density at radius 1 is 1.38 bits per heavy atom. The van der Waals surface area contributed by atoms with Gasteiger partial charge in [0.05, 0.1) is 17.4 Å². The van der Waals surface area contributed by atoms with Crippen molar-refractivity contribution in [3.8, 4) is 6.07 Å². The molecule has 8 nitrogen and oxygen atoms in total. The molecular formula is C22H26N4O4S2. The summed E-state index contributed by atoms with van der Waals surface area (Å²) < 4.78 is 7.23. The van der Waals surface area contributed by atoms with E-state index in [-0.39, 0.29) is 28.9 Å². The molecule has 1 unspecified atom stereocenters. The molecule has 0 saturated carbocycles. The second kappa shape index (κ2) is 9.88. The van der Waals surface area contributed by atoms with Crippen LogP contribution in [0.25, 0.3) is 6.08 Å². The van der Waals surface area contributed by atoms with Crippen molar-refractivity contribution in [2.45, 2.75) is 40.2 Å². The summed E-state index contributed by atoms with van der Waals surface area (Å²) in [7, 11) is 1.62. The van der Waals surface area contributed by atoms with Crippen LogP contribution in [0.1, 0.15) is 43.4 Å². The van der Waals surface area contributed by atoms with E-state index >= 15 is 0 Å². The Hall–Kier alpha value is -2.64. The van der Waals surface area contributed by atoms with Crippen molar-refractivity contribution in [2.75, 3.05) is 31.6 Å². The highest BCUT2D eigenvalue weighted by molar-refractivity contribution is 8.26. The van der Waals surface area contributed by atoms with E-state index in [1.807, 2.05) is 17.9 Å². The Morgan fingerprint density at radius 3 is 2.66 bits per heavy atom. The number of likely N-dealkylation sites (N-methyl/N-ethyl adjacent to an activating group) is 1. The number of aromatic nitrogens is 1. The van der Waals surface area contributed by atoms with E-state index in [2.05, 4.69) is 0 Å². The van der Waals surface area contributed by atoms with E-state index in [1.165, 1.54) is 16.7 Å². The molecule has 2 aliphatic rings. The molecule has 32 heavy (non-hydrogen) atoms. The number of hydrogen-bond donors (Lipinski definition) is 0. The lowest BCUT2D eigenvalue weighted by Crippen LogP contribution is -2.43. The highest BCUT2D eigenvalue weighted by atomic mass is 32.2. The van der Waals surface area contributed by atoms with Gasteiger partial charge in [-0.15, -0.1) is 0 Å². The van der Waals surface area contributed by atoms with Crippen LogP contribution in [0.15, 0.2) is 9.70 Å². The molecule has 1 aromatic rings. The Morgan fingerprint density at radius 2 is 2.09 bits per heavy atom. The number of hydrogen-bond acceptors (Lipinski definition) is 8. The number of carbonyl (C=O) groups excluding carboxylic acids is 2. The van der Waals surface area contributed by atoms with E-state index in [0.717, 1.165) is 6.42 Å². The fourth-order valence-electron chi connectivity index (χ4n) is 4.08. The van der Waals surface area contributed by atoms with Crippen molar-refractivity contribution in [1.29, 1.82) is 5.26 Å². The number of nitrogens with zero attached hydrogens (tertiary/aromatic N) is 4. The fourth-order valence-corrected chi connectivity index (χ4v) is 5.24. The first-order chi connectivity index (χ1) is 15.2. The van der Waals surface area contributed by atoms with Gasteiger partial charge in [0.15, 0.2) is 0 Å². The SMILES string of the molecule is CCOC(=O)C1CCCN(c2c(C=C3SC(=S)N(C)C3=O)c(C)c(C#N)c(=O)n2CC)C1. The van der Waals surface area contributed by atoms with Crippen LogP contribution in [0.2, 0.25) is 0 Å². The maximum Gasteiger partial charge on any atom is 0.310 e. The van der Waals surface area contributed by atoms with Crippen molar-refractivity contribution < 1.29 is 14.3 Å². The second-order valence-electron chi connectivity index (χ2n) is 7.68. The second-order valence-corrected chi connectivity index (χ2v) is 9.35. The minimum absolute atomic E-state index is 0.0489. The third-order valence-electron chi connectivity index (χ3n) is 5.77. The number of nitriles is 1. The lowest BCUT2D eigenvalue weighted by atomic mass is 9.96. The zero-order chi connectivity index (χ0) is 23.6. The van der Waals surface area contributed by atoms with Gasteiger partial charge in [-0.3, -0.25) is 23.9 Å². The van der Waals surface area contributed by atoms with Gasteiger partial charge in [-0.1, -0.05) is 24.0 Å². The molecule has 0 radical (unpaired) electrons. The molecule has 0 spiro atoms. The molecule has 1 aromatic heterocycles. The normalized spacial score (nSPS) is 20.1. The number of ether oxygens (including phenoxy) is 1. The first kappa shape index (κ1) is 24.0. The number of carbonyl (C=O) groups is 2. The zero-order valence-electron chi connectivity index (χ0n) is 18.6. The van der Waals surface area contributed by atoms with Crippen LogP contribution in [-0.4, -0.2) is 52.4 Å². The van der Waals surface area contributed by atoms with E-state index in [0.29, 0.717) is 58.8 Å². The van der Waals surface area contributed by atoms with Gasteiger partial charge in [0.2, 0.25) is 0 Å². The molecule has 2 fully saturated rings. The molecule has 3 heterocycles. The third-order valence-corrected chi connectivity index (χ3v) is 7.25. The van der Waals surface area contributed by atoms with Gasteiger partial charge in [0, 0.05) is 32.2 Å². The molecule has 0 N–H and O–H groups in total. The van der Waals surface area contributed by atoms with E-state index in [4.69, 9.17) is 17.0 Å². The summed E-state index contributed by atoms with van der Waals surface area (Å²) in [6, 6.07) is 2.02. The molecule has 2 aliphatic heterocycles.